The molecule has 0 saturated carbocycles. The number of hydrogen-bond acceptors (Lipinski definition) is 3. The lowest BCUT2D eigenvalue weighted by atomic mass is 10.1. The van der Waals surface area contributed by atoms with Crippen LogP contribution in [0.5, 0.6) is 0 Å². The highest BCUT2D eigenvalue weighted by atomic mass is 15.4. The van der Waals surface area contributed by atoms with Crippen LogP contribution in [0.4, 0.5) is 0 Å². The van der Waals surface area contributed by atoms with Crippen LogP contribution < -0.4 is 0 Å². The maximum absolute atomic E-state index is 8.59. The summed E-state index contributed by atoms with van der Waals surface area (Å²) in [5, 5.41) is 14.4. The molecule has 0 aliphatic rings. The molecule has 0 spiro atoms. The zero-order valence-electron chi connectivity index (χ0n) is 7.57. The Balaban J connectivity index is 4.03. The molecule has 2 atom stereocenters. The molecular weight excluding hydrogens is 138 g/mol. The van der Waals surface area contributed by atoms with Crippen LogP contribution in [-0.4, -0.2) is 24.3 Å². The maximum atomic E-state index is 8.59. The Kier molecular flexibility index (Phi) is 4.28. The molecule has 0 fully saturated rings. The predicted octanol–water partition coefficient (Wildman–Crippen LogP) is 1.47. The van der Waals surface area contributed by atoms with E-state index in [1.54, 1.807) is 11.2 Å². The molecule has 0 aliphatic heterocycles. The number of nitrogens with zero attached hydrogens (tertiary/aromatic N) is 3. The van der Waals surface area contributed by atoms with Crippen molar-refractivity contribution in [2.24, 2.45) is 11.0 Å². The van der Waals surface area contributed by atoms with E-state index in [-0.39, 0.29) is 12.0 Å². The first kappa shape index (κ1) is 9.96. The second-order valence-electron chi connectivity index (χ2n) is 2.61. The molecule has 0 aromatic heterocycles. The van der Waals surface area contributed by atoms with Gasteiger partial charge in [-0.05, 0) is 20.8 Å². The molecule has 0 heterocycles. The third-order valence-corrected chi connectivity index (χ3v) is 1.81. The SMILES string of the molecule is C/C=N\N(C)C(C)[C@H](C)C#N. The molecule has 3 nitrogen and oxygen atoms in total. The van der Waals surface area contributed by atoms with E-state index < -0.39 is 0 Å². The van der Waals surface area contributed by atoms with Crippen molar-refractivity contribution in [1.82, 2.24) is 5.01 Å². The second-order valence-corrected chi connectivity index (χ2v) is 2.61. The number of rotatable bonds is 3. The first-order valence-corrected chi connectivity index (χ1v) is 3.74. The van der Waals surface area contributed by atoms with Gasteiger partial charge in [-0.25, -0.2) is 0 Å². The van der Waals surface area contributed by atoms with Gasteiger partial charge in [-0.2, -0.15) is 10.4 Å². The van der Waals surface area contributed by atoms with E-state index in [1.165, 1.54) is 0 Å². The summed E-state index contributed by atoms with van der Waals surface area (Å²) in [6.45, 7) is 5.74. The van der Waals surface area contributed by atoms with E-state index in [9.17, 15) is 0 Å². The van der Waals surface area contributed by atoms with Crippen molar-refractivity contribution in [3.05, 3.63) is 0 Å². The van der Waals surface area contributed by atoms with Crippen LogP contribution in [0.1, 0.15) is 20.8 Å². The van der Waals surface area contributed by atoms with Crippen LogP contribution in [0.25, 0.3) is 0 Å². The lowest BCUT2D eigenvalue weighted by molar-refractivity contribution is 0.235. The van der Waals surface area contributed by atoms with Gasteiger partial charge in [0.05, 0.1) is 18.0 Å². The fourth-order valence-electron chi connectivity index (χ4n) is 0.719. The summed E-state index contributed by atoms with van der Waals surface area (Å²) in [6, 6.07) is 2.37. The van der Waals surface area contributed by atoms with Crippen molar-refractivity contribution >= 4 is 6.21 Å². The maximum Gasteiger partial charge on any atom is 0.0675 e. The summed E-state index contributed by atoms with van der Waals surface area (Å²) < 4.78 is 0. The number of nitriles is 1. The highest BCUT2D eigenvalue weighted by Crippen LogP contribution is 2.07. The van der Waals surface area contributed by atoms with Gasteiger partial charge in [0.25, 0.3) is 0 Å². The van der Waals surface area contributed by atoms with Gasteiger partial charge in [-0.1, -0.05) is 0 Å². The molecule has 0 aliphatic carbocycles. The average Bonchev–Trinajstić information content (AvgIpc) is 2.02. The van der Waals surface area contributed by atoms with Crippen LogP contribution in [0.3, 0.4) is 0 Å². The van der Waals surface area contributed by atoms with E-state index in [1.807, 2.05) is 27.8 Å². The molecule has 62 valence electrons. The van der Waals surface area contributed by atoms with E-state index in [4.69, 9.17) is 5.26 Å². The lowest BCUT2D eigenvalue weighted by Crippen LogP contribution is -2.29. The zero-order chi connectivity index (χ0) is 8.85. The van der Waals surface area contributed by atoms with Gasteiger partial charge in [0.15, 0.2) is 0 Å². The summed E-state index contributed by atoms with van der Waals surface area (Å²) in [4.78, 5) is 0. The molecule has 0 N–H and O–H groups in total. The van der Waals surface area contributed by atoms with Crippen LogP contribution in [0.15, 0.2) is 5.10 Å². The Hall–Kier alpha value is -1.04. The first-order chi connectivity index (χ1) is 5.13. The summed E-state index contributed by atoms with van der Waals surface area (Å²) in [6.07, 6.45) is 1.72. The van der Waals surface area contributed by atoms with Gasteiger partial charge >= 0.3 is 0 Å². The standard InChI is InChI=1S/C8H15N3/c1-5-10-11(4)8(3)7(2)6-9/h5,7-8H,1-4H3/b10-5-/t7-,8?/m1/s1. The average molecular weight is 153 g/mol. The largest absolute Gasteiger partial charge is 0.296 e. The van der Waals surface area contributed by atoms with Crippen LogP contribution >= 0.6 is 0 Å². The monoisotopic (exact) mass is 153 g/mol. The Bertz CT molecular complexity index is 169. The Labute approximate surface area is 68.3 Å². The summed E-state index contributed by atoms with van der Waals surface area (Å²) in [7, 11) is 1.87. The minimum absolute atomic E-state index is 0.0173. The number of hydrogen-bond donors (Lipinski definition) is 0. The molecule has 0 bridgehead atoms. The fraction of sp³-hybridized carbons (Fsp3) is 0.750. The minimum Gasteiger partial charge on any atom is -0.296 e. The first-order valence-electron chi connectivity index (χ1n) is 3.74. The smallest absolute Gasteiger partial charge is 0.0675 e. The zero-order valence-corrected chi connectivity index (χ0v) is 7.57. The van der Waals surface area contributed by atoms with Gasteiger partial charge in [0, 0.05) is 13.3 Å². The third-order valence-electron chi connectivity index (χ3n) is 1.81. The van der Waals surface area contributed by atoms with E-state index in [2.05, 4.69) is 11.2 Å². The molecule has 0 amide bonds. The summed E-state index contributed by atoms with van der Waals surface area (Å²) >= 11 is 0. The third kappa shape index (κ3) is 3.03. The quantitative estimate of drug-likeness (QED) is 0.455. The molecular formula is C8H15N3. The van der Waals surface area contributed by atoms with Crippen molar-refractivity contribution in [1.29, 1.82) is 5.26 Å². The molecule has 1 unspecified atom stereocenters. The number of hydrazone groups is 1. The minimum atomic E-state index is 0.0173. The normalized spacial score (nSPS) is 15.9. The fourth-order valence-corrected chi connectivity index (χ4v) is 0.719. The van der Waals surface area contributed by atoms with Crippen molar-refractivity contribution in [3.63, 3.8) is 0 Å². The highest BCUT2D eigenvalue weighted by Gasteiger charge is 2.13. The molecule has 0 saturated heterocycles. The van der Waals surface area contributed by atoms with Crippen LogP contribution in [0.2, 0.25) is 0 Å². The highest BCUT2D eigenvalue weighted by molar-refractivity contribution is 5.52. The molecule has 0 aromatic rings. The molecule has 0 aromatic carbocycles. The van der Waals surface area contributed by atoms with Crippen molar-refractivity contribution in [3.8, 4) is 6.07 Å². The molecule has 11 heavy (non-hydrogen) atoms. The van der Waals surface area contributed by atoms with Gasteiger partial charge in [-0.3, -0.25) is 5.01 Å². The van der Waals surface area contributed by atoms with Gasteiger partial charge < -0.3 is 0 Å². The molecule has 3 heteroatoms. The van der Waals surface area contributed by atoms with Crippen LogP contribution in [0, 0.1) is 17.2 Å². The van der Waals surface area contributed by atoms with Crippen molar-refractivity contribution < 1.29 is 0 Å². The predicted molar refractivity (Wildman–Crippen MR) is 46.2 cm³/mol. The molecule has 0 rings (SSSR count). The molecule has 0 radical (unpaired) electrons. The summed E-state index contributed by atoms with van der Waals surface area (Å²) in [5.41, 5.74) is 0. The lowest BCUT2D eigenvalue weighted by Gasteiger charge is -2.22. The Morgan fingerprint density at radius 1 is 1.55 bits per heavy atom. The van der Waals surface area contributed by atoms with E-state index in [0.717, 1.165) is 0 Å². The van der Waals surface area contributed by atoms with E-state index >= 15 is 0 Å². The Morgan fingerprint density at radius 2 is 2.09 bits per heavy atom. The van der Waals surface area contributed by atoms with Crippen molar-refractivity contribution in [2.75, 3.05) is 7.05 Å². The Morgan fingerprint density at radius 3 is 2.45 bits per heavy atom. The van der Waals surface area contributed by atoms with Gasteiger partial charge in [0.1, 0.15) is 0 Å². The topological polar surface area (TPSA) is 39.4 Å². The van der Waals surface area contributed by atoms with Crippen molar-refractivity contribution in [2.45, 2.75) is 26.8 Å². The van der Waals surface area contributed by atoms with Gasteiger partial charge in [0.2, 0.25) is 0 Å². The second kappa shape index (κ2) is 4.73. The summed E-state index contributed by atoms with van der Waals surface area (Å²) in [5.74, 6) is 0.0173. The van der Waals surface area contributed by atoms with E-state index in [0.29, 0.717) is 0 Å². The van der Waals surface area contributed by atoms with Crippen LogP contribution in [-0.2, 0) is 0 Å². The van der Waals surface area contributed by atoms with Gasteiger partial charge in [-0.15, -0.1) is 0 Å².